The molecule has 0 aromatic carbocycles. The zero-order valence-corrected chi connectivity index (χ0v) is 6.73. The Kier molecular flexibility index (Phi) is 4.58. The van der Waals surface area contributed by atoms with E-state index in [0.29, 0.717) is 11.1 Å². The van der Waals surface area contributed by atoms with Gasteiger partial charge < -0.3 is 0 Å². The molecule has 0 radical (unpaired) electrons. The zero-order chi connectivity index (χ0) is 5.70. The minimum atomic E-state index is -0.110. The Labute approximate surface area is 56.1 Å². The second kappa shape index (κ2) is 4.42. The summed E-state index contributed by atoms with van der Waals surface area (Å²) in [6.07, 6.45) is 0.488. The van der Waals surface area contributed by atoms with E-state index in [9.17, 15) is 4.79 Å². The van der Waals surface area contributed by atoms with E-state index in [0.717, 1.165) is 0 Å². The molecule has 42 valence electrons. The second-order valence-corrected chi connectivity index (χ2v) is 1.74. The molecule has 0 aliphatic carbocycles. The first kappa shape index (κ1) is 7.26. The summed E-state index contributed by atoms with van der Waals surface area (Å²) in [5, 5.41) is 0. The molecule has 0 saturated heterocycles. The molecule has 0 aromatic heterocycles. The molecule has 0 amide bonds. The van der Waals surface area contributed by atoms with Crippen molar-refractivity contribution >= 4 is 28.3 Å². The molecule has 0 saturated carbocycles. The van der Waals surface area contributed by atoms with Crippen LogP contribution in [0.2, 0.25) is 0 Å². The number of hydrogen-bond donors (Lipinski definition) is 0. The van der Waals surface area contributed by atoms with Crippen LogP contribution in [0.5, 0.6) is 0 Å². The van der Waals surface area contributed by atoms with Crippen LogP contribution in [-0.2, 0) is 9.53 Å². The van der Waals surface area contributed by atoms with Gasteiger partial charge in [0.1, 0.15) is 0 Å². The Balaban J connectivity index is 3.00. The molecule has 0 bridgehead atoms. The third kappa shape index (κ3) is 4.11. The number of carbonyl (C=O) groups excluding carboxylic acids is 1. The van der Waals surface area contributed by atoms with Crippen molar-refractivity contribution in [2.75, 3.05) is 4.65 Å². The van der Waals surface area contributed by atoms with Gasteiger partial charge in [0.05, 0.1) is 0 Å². The molecule has 0 unspecified atom stereocenters. The Hall–Kier alpha value is 0.260. The molecule has 0 aliphatic heterocycles. The standard InChI is InChI=1S/C4H8O2Te/c1-2-4(5)6-3-7/h7H,2-3H2,1H3. The van der Waals surface area contributed by atoms with Crippen molar-refractivity contribution in [3.8, 4) is 0 Å². The van der Waals surface area contributed by atoms with E-state index in [1.807, 2.05) is 0 Å². The topological polar surface area (TPSA) is 26.3 Å². The van der Waals surface area contributed by atoms with Gasteiger partial charge in [-0.2, -0.15) is 0 Å². The van der Waals surface area contributed by atoms with Crippen molar-refractivity contribution in [1.82, 2.24) is 0 Å². The van der Waals surface area contributed by atoms with Crippen LogP contribution in [0.15, 0.2) is 0 Å². The number of ether oxygens (including phenoxy) is 1. The third-order valence-electron chi connectivity index (χ3n) is 0.514. The molecule has 0 fully saturated rings. The van der Waals surface area contributed by atoms with Crippen LogP contribution in [0.3, 0.4) is 0 Å². The number of carbonyl (C=O) groups is 1. The van der Waals surface area contributed by atoms with Crippen LogP contribution in [0, 0.1) is 0 Å². The van der Waals surface area contributed by atoms with Crippen LogP contribution < -0.4 is 0 Å². The van der Waals surface area contributed by atoms with Crippen molar-refractivity contribution in [2.24, 2.45) is 0 Å². The summed E-state index contributed by atoms with van der Waals surface area (Å²) in [7, 11) is 0. The Morgan fingerprint density at radius 3 is 2.57 bits per heavy atom. The van der Waals surface area contributed by atoms with E-state index >= 15 is 0 Å². The van der Waals surface area contributed by atoms with Gasteiger partial charge in [0.25, 0.3) is 0 Å². The maximum absolute atomic E-state index is 10.2. The van der Waals surface area contributed by atoms with Gasteiger partial charge in [-0.15, -0.1) is 0 Å². The van der Waals surface area contributed by atoms with Gasteiger partial charge in [0.15, 0.2) is 0 Å². The van der Waals surface area contributed by atoms with Gasteiger partial charge in [-0.25, -0.2) is 0 Å². The molecule has 7 heavy (non-hydrogen) atoms. The normalized spacial score (nSPS) is 8.29. The Bertz CT molecular complexity index is 62.7. The van der Waals surface area contributed by atoms with Crippen LogP contribution in [-0.4, -0.2) is 32.9 Å². The average molecular weight is 216 g/mol. The first-order valence-electron chi connectivity index (χ1n) is 2.07. The monoisotopic (exact) mass is 218 g/mol. The molecule has 0 aromatic rings. The zero-order valence-electron chi connectivity index (χ0n) is 4.18. The molecular formula is C4H8O2Te. The van der Waals surface area contributed by atoms with Gasteiger partial charge >= 0.3 is 55.8 Å². The van der Waals surface area contributed by atoms with Gasteiger partial charge in [-0.3, -0.25) is 0 Å². The van der Waals surface area contributed by atoms with Crippen LogP contribution in [0.1, 0.15) is 13.3 Å². The summed E-state index contributed by atoms with van der Waals surface area (Å²) in [6.45, 7) is 1.78. The number of hydrogen-bond acceptors (Lipinski definition) is 2. The molecular weight excluding hydrogens is 208 g/mol. The summed E-state index contributed by atoms with van der Waals surface area (Å²) in [4.78, 5) is 10.2. The molecule has 3 heteroatoms. The molecule has 0 spiro atoms. The molecule has 0 atom stereocenters. The van der Waals surface area contributed by atoms with Gasteiger partial charge in [-0.1, -0.05) is 0 Å². The summed E-state index contributed by atoms with van der Waals surface area (Å²) >= 11 is 1.49. The first-order valence-corrected chi connectivity index (χ1v) is 3.88. The van der Waals surface area contributed by atoms with Gasteiger partial charge in [0, 0.05) is 0 Å². The van der Waals surface area contributed by atoms with E-state index in [4.69, 9.17) is 0 Å². The fourth-order valence-electron chi connectivity index (χ4n) is 0.174. The van der Waals surface area contributed by atoms with E-state index in [1.54, 1.807) is 6.92 Å². The molecule has 0 N–H and O–H groups in total. The van der Waals surface area contributed by atoms with Crippen molar-refractivity contribution in [3.05, 3.63) is 0 Å². The summed E-state index contributed by atoms with van der Waals surface area (Å²) in [5.74, 6) is -0.110. The van der Waals surface area contributed by atoms with Crippen molar-refractivity contribution in [3.63, 3.8) is 0 Å². The van der Waals surface area contributed by atoms with Crippen LogP contribution in [0.25, 0.3) is 0 Å². The first-order chi connectivity index (χ1) is 3.31. The fourth-order valence-corrected chi connectivity index (χ4v) is 0.585. The summed E-state index contributed by atoms with van der Waals surface area (Å²) in [5.41, 5.74) is 0. The fraction of sp³-hybridized carbons (Fsp3) is 0.750. The maximum atomic E-state index is 10.2. The molecule has 0 heterocycles. The quantitative estimate of drug-likeness (QED) is 0.471. The third-order valence-corrected chi connectivity index (χ3v) is 0.883. The average Bonchev–Trinajstić information content (AvgIpc) is 1.68. The van der Waals surface area contributed by atoms with E-state index in [2.05, 4.69) is 4.74 Å². The predicted octanol–water partition coefficient (Wildman–Crippen LogP) is -0.202. The summed E-state index contributed by atoms with van der Waals surface area (Å²) < 4.78 is 5.12. The van der Waals surface area contributed by atoms with Crippen molar-refractivity contribution < 1.29 is 9.53 Å². The molecule has 2 nitrogen and oxygen atoms in total. The van der Waals surface area contributed by atoms with Crippen LogP contribution in [0.4, 0.5) is 0 Å². The SMILES string of the molecule is CCC(=O)OC[TeH]. The van der Waals surface area contributed by atoms with Crippen molar-refractivity contribution in [2.45, 2.75) is 13.3 Å². The molecule has 0 rings (SSSR count). The van der Waals surface area contributed by atoms with E-state index in [1.165, 1.54) is 22.3 Å². The van der Waals surface area contributed by atoms with E-state index < -0.39 is 0 Å². The van der Waals surface area contributed by atoms with E-state index in [-0.39, 0.29) is 5.97 Å². The molecule has 0 aliphatic rings. The number of esters is 1. The van der Waals surface area contributed by atoms with Gasteiger partial charge in [0.2, 0.25) is 0 Å². The summed E-state index contributed by atoms with van der Waals surface area (Å²) in [6, 6.07) is 0. The predicted molar refractivity (Wildman–Crippen MR) is 28.4 cm³/mol. The van der Waals surface area contributed by atoms with Crippen LogP contribution >= 0.6 is 0 Å². The Morgan fingerprint density at radius 2 is 2.43 bits per heavy atom. The second-order valence-electron chi connectivity index (χ2n) is 0.999. The van der Waals surface area contributed by atoms with Gasteiger partial charge in [-0.05, 0) is 0 Å². The minimum absolute atomic E-state index is 0.110. The number of rotatable bonds is 2. The van der Waals surface area contributed by atoms with Crippen molar-refractivity contribution in [1.29, 1.82) is 0 Å². The Morgan fingerprint density at radius 1 is 1.86 bits per heavy atom.